The molecule has 0 bridgehead atoms. The maximum Gasteiger partial charge on any atom is 0.229 e. The summed E-state index contributed by atoms with van der Waals surface area (Å²) in [7, 11) is 0. The van der Waals surface area contributed by atoms with Crippen molar-refractivity contribution in [1.82, 2.24) is 4.90 Å². The third-order valence-corrected chi connectivity index (χ3v) is 14.2. The zero-order valence-electron chi connectivity index (χ0n) is 25.0. The summed E-state index contributed by atoms with van der Waals surface area (Å²) >= 11 is 0. The number of carbonyl (C=O) groups is 2. The molecule has 5 aliphatic carbocycles. The van der Waals surface area contributed by atoms with Crippen LogP contribution in [0, 0.1) is 50.2 Å². The first-order valence-electron chi connectivity index (χ1n) is 15.7. The Morgan fingerprint density at radius 2 is 1.54 bits per heavy atom. The van der Waals surface area contributed by atoms with E-state index < -0.39 is 0 Å². The molecule has 0 spiro atoms. The number of likely N-dealkylation sites (tertiary alicyclic amines) is 1. The van der Waals surface area contributed by atoms with Gasteiger partial charge in [0.25, 0.3) is 0 Å². The smallest absolute Gasteiger partial charge is 0.229 e. The number of nitrogens with zero attached hydrogens (tertiary/aromatic N) is 1. The number of carbonyl (C=O) groups excluding carboxylic acids is 2. The van der Waals surface area contributed by atoms with Crippen LogP contribution in [0.2, 0.25) is 0 Å². The molecule has 206 valence electrons. The van der Waals surface area contributed by atoms with E-state index in [0.717, 1.165) is 58.0 Å². The molecule has 1 saturated heterocycles. The van der Waals surface area contributed by atoms with E-state index in [1.807, 2.05) is 0 Å². The fourth-order valence-corrected chi connectivity index (χ4v) is 11.7. The monoisotopic (exact) mass is 507 g/mol. The second kappa shape index (κ2) is 7.97. The molecule has 1 heterocycles. The highest BCUT2D eigenvalue weighted by Crippen LogP contribution is 2.75. The summed E-state index contributed by atoms with van der Waals surface area (Å²) in [6.07, 6.45) is 16.0. The van der Waals surface area contributed by atoms with E-state index in [-0.39, 0.29) is 27.1 Å². The second-order valence-electron chi connectivity index (χ2n) is 16.5. The van der Waals surface area contributed by atoms with Crippen LogP contribution in [-0.4, -0.2) is 29.7 Å². The van der Waals surface area contributed by atoms with Crippen molar-refractivity contribution in [1.29, 1.82) is 0 Å². The lowest BCUT2D eigenvalue weighted by molar-refractivity contribution is -0.187. The summed E-state index contributed by atoms with van der Waals surface area (Å²) in [5, 5.41) is 0. The maximum atomic E-state index is 14.3. The molecule has 3 heteroatoms. The number of Topliss-reactive ketones (excluding diaryl/α,β-unsaturated/α-hetero) is 1. The average molecular weight is 508 g/mol. The lowest BCUT2D eigenvalue weighted by atomic mass is 9.33. The molecule has 0 radical (unpaired) electrons. The van der Waals surface area contributed by atoms with E-state index in [4.69, 9.17) is 0 Å². The Morgan fingerprint density at radius 3 is 2.24 bits per heavy atom. The number of amides is 1. The van der Waals surface area contributed by atoms with Crippen LogP contribution in [0.3, 0.4) is 0 Å². The Bertz CT molecular complexity index is 1030. The van der Waals surface area contributed by atoms with Crippen molar-refractivity contribution in [2.75, 3.05) is 13.1 Å². The third-order valence-electron chi connectivity index (χ3n) is 14.2. The molecule has 37 heavy (non-hydrogen) atoms. The van der Waals surface area contributed by atoms with Crippen molar-refractivity contribution >= 4 is 11.7 Å². The topological polar surface area (TPSA) is 37.4 Å². The van der Waals surface area contributed by atoms with Gasteiger partial charge in [0.2, 0.25) is 5.91 Å². The van der Waals surface area contributed by atoms with Crippen LogP contribution in [0.1, 0.15) is 126 Å². The normalized spacial score (nSPS) is 48.3. The average Bonchev–Trinajstić information content (AvgIpc) is 3.36. The first-order valence-corrected chi connectivity index (χ1v) is 15.7. The first-order chi connectivity index (χ1) is 17.2. The highest BCUT2D eigenvalue weighted by molar-refractivity contribution is 5.86. The molecule has 3 unspecified atom stereocenters. The molecule has 4 saturated carbocycles. The summed E-state index contributed by atoms with van der Waals surface area (Å²) in [4.78, 5) is 29.6. The van der Waals surface area contributed by atoms with Gasteiger partial charge in [0.15, 0.2) is 0 Å². The largest absolute Gasteiger partial charge is 0.342 e. The van der Waals surface area contributed by atoms with Crippen molar-refractivity contribution in [2.45, 2.75) is 126 Å². The van der Waals surface area contributed by atoms with Gasteiger partial charge in [0.05, 0.1) is 5.41 Å². The minimum absolute atomic E-state index is 0.155. The lowest BCUT2D eigenvalue weighted by Crippen LogP contribution is -2.65. The standard InChI is InChI=1S/C34H53NO2/c1-29(2)16-18-34(28(37)35-20-8-9-21-35)19-17-32(6)23(24(34)22-29)10-11-26-31(5)14-13-27(36)30(3,4)25(31)12-15-33(26,32)7/h10,24-26H,8-9,11-22H2,1-7H3/t24?,25?,26?,31-,32+,33+,34-/m0/s1. The number of rotatable bonds is 1. The molecule has 6 aliphatic rings. The zero-order valence-corrected chi connectivity index (χ0v) is 25.0. The molecule has 0 aromatic rings. The van der Waals surface area contributed by atoms with Gasteiger partial charge in [0, 0.05) is 24.9 Å². The third kappa shape index (κ3) is 3.30. The lowest BCUT2D eigenvalue weighted by Gasteiger charge is -2.70. The number of hydrogen-bond acceptors (Lipinski definition) is 2. The molecular formula is C34H53NO2. The van der Waals surface area contributed by atoms with Crippen molar-refractivity contribution in [3.05, 3.63) is 11.6 Å². The summed E-state index contributed by atoms with van der Waals surface area (Å²) in [5.74, 6) is 2.51. The molecule has 6 rings (SSSR count). The Morgan fingerprint density at radius 1 is 0.865 bits per heavy atom. The first kappa shape index (κ1) is 26.1. The van der Waals surface area contributed by atoms with E-state index in [0.29, 0.717) is 34.9 Å². The molecule has 1 aliphatic heterocycles. The van der Waals surface area contributed by atoms with Gasteiger partial charge in [-0.3, -0.25) is 9.59 Å². The van der Waals surface area contributed by atoms with Gasteiger partial charge < -0.3 is 4.90 Å². The van der Waals surface area contributed by atoms with Crippen LogP contribution in [0.5, 0.6) is 0 Å². The Hall–Kier alpha value is -1.12. The van der Waals surface area contributed by atoms with E-state index in [1.54, 1.807) is 5.57 Å². The highest BCUT2D eigenvalue weighted by atomic mass is 16.2. The molecule has 0 N–H and O–H groups in total. The number of ketones is 1. The molecular weight excluding hydrogens is 454 g/mol. The maximum absolute atomic E-state index is 14.3. The molecule has 5 fully saturated rings. The van der Waals surface area contributed by atoms with Crippen molar-refractivity contribution in [3.8, 4) is 0 Å². The summed E-state index contributed by atoms with van der Waals surface area (Å²) in [6.45, 7) is 19.1. The van der Waals surface area contributed by atoms with Gasteiger partial charge in [-0.2, -0.15) is 0 Å². The van der Waals surface area contributed by atoms with Gasteiger partial charge in [-0.1, -0.05) is 60.1 Å². The van der Waals surface area contributed by atoms with Crippen LogP contribution < -0.4 is 0 Å². The highest BCUT2D eigenvalue weighted by Gasteiger charge is 2.69. The number of hydrogen-bond donors (Lipinski definition) is 0. The Labute approximate surface area is 226 Å². The Balaban J connectivity index is 1.42. The molecule has 0 aromatic heterocycles. The fraction of sp³-hybridized carbons (Fsp3) is 0.882. The minimum Gasteiger partial charge on any atom is -0.342 e. The van der Waals surface area contributed by atoms with Crippen molar-refractivity contribution in [2.24, 2.45) is 50.2 Å². The SMILES string of the molecule is CC1(C)CC[C@]2(C(=O)N3CCCC3)CC[C@]3(C)C(=CCC4[C@@]5(C)CCC(=O)C(C)(C)C5CC[C@]43C)C2C1. The fourth-order valence-electron chi connectivity index (χ4n) is 11.7. The van der Waals surface area contributed by atoms with Gasteiger partial charge in [-0.25, -0.2) is 0 Å². The molecule has 7 atom stereocenters. The summed E-state index contributed by atoms with van der Waals surface area (Å²) in [5.41, 5.74) is 2.22. The zero-order chi connectivity index (χ0) is 26.6. The van der Waals surface area contributed by atoms with Gasteiger partial charge in [0.1, 0.15) is 5.78 Å². The summed E-state index contributed by atoms with van der Waals surface area (Å²) < 4.78 is 0. The van der Waals surface area contributed by atoms with E-state index in [1.165, 1.54) is 32.1 Å². The van der Waals surface area contributed by atoms with E-state index >= 15 is 0 Å². The van der Waals surface area contributed by atoms with Gasteiger partial charge >= 0.3 is 0 Å². The van der Waals surface area contributed by atoms with Crippen molar-refractivity contribution in [3.63, 3.8) is 0 Å². The summed E-state index contributed by atoms with van der Waals surface area (Å²) in [6, 6.07) is 0. The quantitative estimate of drug-likeness (QED) is 0.337. The molecule has 0 aromatic carbocycles. The van der Waals surface area contributed by atoms with Crippen LogP contribution in [0.15, 0.2) is 11.6 Å². The van der Waals surface area contributed by atoms with Gasteiger partial charge in [-0.15, -0.1) is 0 Å². The van der Waals surface area contributed by atoms with Crippen LogP contribution in [0.4, 0.5) is 0 Å². The number of allylic oxidation sites excluding steroid dienone is 2. The van der Waals surface area contributed by atoms with Crippen LogP contribution >= 0.6 is 0 Å². The minimum atomic E-state index is -0.198. The van der Waals surface area contributed by atoms with E-state index in [2.05, 4.69) is 59.4 Å². The van der Waals surface area contributed by atoms with E-state index in [9.17, 15) is 9.59 Å². The van der Waals surface area contributed by atoms with Gasteiger partial charge in [-0.05, 0) is 110 Å². The second-order valence-corrected chi connectivity index (χ2v) is 16.5. The predicted molar refractivity (Wildman–Crippen MR) is 150 cm³/mol. The van der Waals surface area contributed by atoms with Crippen LogP contribution in [0.25, 0.3) is 0 Å². The van der Waals surface area contributed by atoms with Crippen molar-refractivity contribution < 1.29 is 9.59 Å². The Kier molecular flexibility index (Phi) is 5.63. The predicted octanol–water partition coefficient (Wildman–Crippen LogP) is 7.98. The molecule has 1 amide bonds. The molecule has 3 nitrogen and oxygen atoms in total. The number of fused-ring (bicyclic) bond motifs is 7. The van der Waals surface area contributed by atoms with Crippen LogP contribution in [-0.2, 0) is 9.59 Å².